The van der Waals surface area contributed by atoms with Crippen LogP contribution in [0.5, 0.6) is 0 Å². The van der Waals surface area contributed by atoms with Crippen molar-refractivity contribution in [2.75, 3.05) is 5.01 Å². The summed E-state index contributed by atoms with van der Waals surface area (Å²) >= 11 is 6.21. The van der Waals surface area contributed by atoms with E-state index in [1.54, 1.807) is 23.4 Å². The molecule has 0 saturated carbocycles. The lowest BCUT2D eigenvalue weighted by Gasteiger charge is -2.18. The Bertz CT molecular complexity index is 1150. The van der Waals surface area contributed by atoms with Crippen LogP contribution in [0.15, 0.2) is 101 Å². The van der Waals surface area contributed by atoms with Gasteiger partial charge in [-0.2, -0.15) is 5.10 Å². The summed E-state index contributed by atoms with van der Waals surface area (Å²) in [7, 11) is 0. The molecule has 1 aromatic heterocycles. The van der Waals surface area contributed by atoms with Crippen molar-refractivity contribution in [1.82, 2.24) is 0 Å². The van der Waals surface area contributed by atoms with E-state index >= 15 is 0 Å². The summed E-state index contributed by atoms with van der Waals surface area (Å²) < 4.78 is 5.82. The number of nitro benzene ring substituents is 1. The predicted octanol–water partition coefficient (Wildman–Crippen LogP) is 6.68. The van der Waals surface area contributed by atoms with Gasteiger partial charge in [-0.25, -0.2) is 5.01 Å². The molecular formula is C23H16ClN3O3. The molecule has 0 aliphatic rings. The molecule has 30 heavy (non-hydrogen) atoms. The van der Waals surface area contributed by atoms with E-state index < -0.39 is 4.92 Å². The van der Waals surface area contributed by atoms with Crippen molar-refractivity contribution >= 4 is 34.9 Å². The highest BCUT2D eigenvalue weighted by molar-refractivity contribution is 6.33. The molecule has 7 heteroatoms. The molecule has 0 saturated heterocycles. The molecule has 4 aromatic rings. The van der Waals surface area contributed by atoms with Gasteiger partial charge in [0.2, 0.25) is 0 Å². The minimum atomic E-state index is -0.470. The average molecular weight is 418 g/mol. The second-order valence-electron chi connectivity index (χ2n) is 6.35. The van der Waals surface area contributed by atoms with E-state index in [0.717, 1.165) is 11.4 Å². The van der Waals surface area contributed by atoms with Gasteiger partial charge in [-0.1, -0.05) is 48.0 Å². The van der Waals surface area contributed by atoms with Gasteiger partial charge in [0, 0.05) is 17.7 Å². The molecule has 0 spiro atoms. The van der Waals surface area contributed by atoms with Gasteiger partial charge in [-0.05, 0) is 42.5 Å². The van der Waals surface area contributed by atoms with Crippen LogP contribution in [0.1, 0.15) is 5.76 Å². The van der Waals surface area contributed by atoms with E-state index in [4.69, 9.17) is 16.0 Å². The van der Waals surface area contributed by atoms with Crippen LogP contribution in [0, 0.1) is 10.1 Å². The second kappa shape index (κ2) is 8.63. The summed E-state index contributed by atoms with van der Waals surface area (Å²) in [5.74, 6) is 0.917. The largest absolute Gasteiger partial charge is 0.455 e. The average Bonchev–Trinajstić information content (AvgIpc) is 3.24. The number of hydrogen-bond donors (Lipinski definition) is 0. The molecule has 0 unspecified atom stereocenters. The quantitative estimate of drug-likeness (QED) is 0.199. The minimum absolute atomic E-state index is 0.0552. The van der Waals surface area contributed by atoms with Crippen molar-refractivity contribution in [2.24, 2.45) is 5.10 Å². The maximum atomic E-state index is 11.1. The lowest BCUT2D eigenvalue weighted by atomic mass is 10.1. The fourth-order valence-corrected chi connectivity index (χ4v) is 3.13. The molecule has 148 valence electrons. The zero-order valence-corrected chi connectivity index (χ0v) is 16.4. The van der Waals surface area contributed by atoms with Gasteiger partial charge in [-0.3, -0.25) is 10.1 Å². The SMILES string of the molecule is O=[N+]([O-])c1ccc(Cl)c(-c2ccc(/C=N/N(c3ccccc3)c3ccccc3)o2)c1. The normalized spacial score (nSPS) is 11.0. The zero-order chi connectivity index (χ0) is 20.9. The van der Waals surface area contributed by atoms with Gasteiger partial charge in [0.1, 0.15) is 11.5 Å². The first-order chi connectivity index (χ1) is 14.6. The number of anilines is 2. The number of halogens is 1. The molecule has 0 fully saturated rings. The monoisotopic (exact) mass is 417 g/mol. The number of furan rings is 1. The Morgan fingerprint density at radius 1 is 0.900 bits per heavy atom. The van der Waals surface area contributed by atoms with Crippen LogP contribution in [-0.2, 0) is 0 Å². The molecule has 6 nitrogen and oxygen atoms in total. The highest BCUT2D eigenvalue weighted by atomic mass is 35.5. The topological polar surface area (TPSA) is 71.9 Å². The first-order valence-electron chi connectivity index (χ1n) is 9.10. The van der Waals surface area contributed by atoms with Crippen molar-refractivity contribution in [3.63, 3.8) is 0 Å². The number of benzene rings is 3. The fourth-order valence-electron chi connectivity index (χ4n) is 2.92. The van der Waals surface area contributed by atoms with E-state index in [0.29, 0.717) is 22.1 Å². The Morgan fingerprint density at radius 2 is 1.53 bits per heavy atom. The van der Waals surface area contributed by atoms with Crippen LogP contribution in [0.25, 0.3) is 11.3 Å². The number of rotatable bonds is 6. The van der Waals surface area contributed by atoms with E-state index in [9.17, 15) is 10.1 Å². The molecule has 0 bridgehead atoms. The van der Waals surface area contributed by atoms with Crippen LogP contribution in [0.3, 0.4) is 0 Å². The molecule has 0 aliphatic carbocycles. The van der Waals surface area contributed by atoms with Gasteiger partial charge in [-0.15, -0.1) is 0 Å². The summed E-state index contributed by atoms with van der Waals surface area (Å²) in [6, 6.07) is 27.2. The summed E-state index contributed by atoms with van der Waals surface area (Å²) in [4.78, 5) is 10.6. The molecule has 0 amide bonds. The third-order valence-corrected chi connectivity index (χ3v) is 4.68. The standard InChI is InChI=1S/C23H16ClN3O3/c24-22-13-11-19(27(28)29)15-21(22)23-14-12-20(30-23)16-25-26(17-7-3-1-4-8-17)18-9-5-2-6-10-18/h1-16H/b25-16+. The van der Waals surface area contributed by atoms with E-state index in [2.05, 4.69) is 5.10 Å². The molecule has 0 radical (unpaired) electrons. The highest BCUT2D eigenvalue weighted by Gasteiger charge is 2.14. The maximum Gasteiger partial charge on any atom is 0.270 e. The highest BCUT2D eigenvalue weighted by Crippen LogP contribution is 2.32. The summed E-state index contributed by atoms with van der Waals surface area (Å²) in [6.07, 6.45) is 1.59. The number of hydrazone groups is 1. The van der Waals surface area contributed by atoms with Gasteiger partial charge in [0.05, 0.1) is 27.5 Å². The van der Waals surface area contributed by atoms with Crippen LogP contribution in [-0.4, -0.2) is 11.1 Å². The van der Waals surface area contributed by atoms with Gasteiger partial charge >= 0.3 is 0 Å². The zero-order valence-electron chi connectivity index (χ0n) is 15.7. The Morgan fingerprint density at radius 3 is 2.13 bits per heavy atom. The lowest BCUT2D eigenvalue weighted by molar-refractivity contribution is -0.384. The fraction of sp³-hybridized carbons (Fsp3) is 0. The summed E-state index contributed by atoms with van der Waals surface area (Å²) in [5.41, 5.74) is 2.19. The van der Waals surface area contributed by atoms with Crippen molar-refractivity contribution in [3.05, 3.63) is 112 Å². The molecule has 0 atom stereocenters. The van der Waals surface area contributed by atoms with Gasteiger partial charge in [0.25, 0.3) is 5.69 Å². The van der Waals surface area contributed by atoms with Crippen LogP contribution in [0.2, 0.25) is 5.02 Å². The maximum absolute atomic E-state index is 11.1. The number of hydrogen-bond acceptors (Lipinski definition) is 5. The summed E-state index contributed by atoms with van der Waals surface area (Å²) in [6.45, 7) is 0. The molecule has 3 aromatic carbocycles. The number of non-ortho nitro benzene ring substituents is 1. The number of nitrogens with zero attached hydrogens (tertiary/aromatic N) is 3. The summed E-state index contributed by atoms with van der Waals surface area (Å²) in [5, 5.41) is 17.8. The first-order valence-corrected chi connectivity index (χ1v) is 9.48. The van der Waals surface area contributed by atoms with Crippen LogP contribution >= 0.6 is 11.6 Å². The van der Waals surface area contributed by atoms with Crippen LogP contribution in [0.4, 0.5) is 17.1 Å². The van der Waals surface area contributed by atoms with Gasteiger partial charge < -0.3 is 4.42 Å². The second-order valence-corrected chi connectivity index (χ2v) is 6.76. The minimum Gasteiger partial charge on any atom is -0.455 e. The first kappa shape index (κ1) is 19.4. The Kier molecular flexibility index (Phi) is 5.59. The van der Waals surface area contributed by atoms with Crippen molar-refractivity contribution in [2.45, 2.75) is 0 Å². The smallest absolute Gasteiger partial charge is 0.270 e. The van der Waals surface area contributed by atoms with Crippen molar-refractivity contribution < 1.29 is 9.34 Å². The van der Waals surface area contributed by atoms with E-state index in [1.807, 2.05) is 60.7 Å². The van der Waals surface area contributed by atoms with Gasteiger partial charge in [0.15, 0.2) is 0 Å². The van der Waals surface area contributed by atoms with Crippen molar-refractivity contribution in [1.29, 1.82) is 0 Å². The third-order valence-electron chi connectivity index (χ3n) is 4.35. The predicted molar refractivity (Wildman–Crippen MR) is 118 cm³/mol. The Labute approximate surface area is 177 Å². The molecular weight excluding hydrogens is 402 g/mol. The van der Waals surface area contributed by atoms with Crippen LogP contribution < -0.4 is 5.01 Å². The van der Waals surface area contributed by atoms with E-state index in [-0.39, 0.29) is 5.69 Å². The lowest BCUT2D eigenvalue weighted by Crippen LogP contribution is -2.08. The Balaban J connectivity index is 1.65. The number of para-hydroxylation sites is 2. The van der Waals surface area contributed by atoms with Crippen molar-refractivity contribution in [3.8, 4) is 11.3 Å². The third kappa shape index (κ3) is 4.24. The molecule has 0 N–H and O–H groups in total. The molecule has 4 rings (SSSR count). The number of nitro groups is 1. The molecule has 1 heterocycles. The van der Waals surface area contributed by atoms with E-state index in [1.165, 1.54) is 18.2 Å². The Hall–Kier alpha value is -3.90. The molecule has 0 aliphatic heterocycles.